The number of benzene rings is 1. The molecule has 1 atom stereocenters. The lowest BCUT2D eigenvalue weighted by atomic mass is 9.96. The smallest absolute Gasteiger partial charge is 0.196 e. The van der Waals surface area contributed by atoms with Crippen molar-refractivity contribution in [2.45, 2.75) is 31.7 Å². The van der Waals surface area contributed by atoms with E-state index < -0.39 is 17.5 Å². The van der Waals surface area contributed by atoms with Gasteiger partial charge in [0.25, 0.3) is 0 Å². The second kappa shape index (κ2) is 6.10. The maximum atomic E-state index is 13.9. The van der Waals surface area contributed by atoms with E-state index in [0.717, 1.165) is 36.6 Å². The molecule has 5 heteroatoms. The van der Waals surface area contributed by atoms with Crippen molar-refractivity contribution in [2.75, 3.05) is 5.32 Å². The topological polar surface area (TPSA) is 12.0 Å². The number of hydrogen-bond donors (Lipinski definition) is 1. The number of nitrogens with one attached hydrogen (secondary N) is 1. The van der Waals surface area contributed by atoms with Gasteiger partial charge in [-0.2, -0.15) is 0 Å². The van der Waals surface area contributed by atoms with E-state index in [2.05, 4.69) is 5.32 Å². The van der Waals surface area contributed by atoms with Crippen LogP contribution in [-0.2, 0) is 0 Å². The highest BCUT2D eigenvalue weighted by molar-refractivity contribution is 7.10. The average molecular weight is 311 g/mol. The van der Waals surface area contributed by atoms with Crippen molar-refractivity contribution in [1.29, 1.82) is 0 Å². The van der Waals surface area contributed by atoms with Crippen LogP contribution in [0.25, 0.3) is 0 Å². The van der Waals surface area contributed by atoms with Crippen LogP contribution in [-0.4, -0.2) is 0 Å². The molecule has 0 spiro atoms. The van der Waals surface area contributed by atoms with E-state index in [4.69, 9.17) is 0 Å². The van der Waals surface area contributed by atoms with Gasteiger partial charge in [-0.1, -0.05) is 18.9 Å². The van der Waals surface area contributed by atoms with Crippen LogP contribution >= 0.6 is 11.3 Å². The van der Waals surface area contributed by atoms with E-state index in [9.17, 15) is 13.2 Å². The zero-order valence-electron chi connectivity index (χ0n) is 11.4. The highest BCUT2D eigenvalue weighted by Gasteiger charge is 2.28. The van der Waals surface area contributed by atoms with Crippen molar-refractivity contribution in [2.24, 2.45) is 5.92 Å². The third kappa shape index (κ3) is 2.93. The van der Waals surface area contributed by atoms with Crippen LogP contribution in [0.2, 0.25) is 0 Å². The Hall–Kier alpha value is -1.49. The van der Waals surface area contributed by atoms with Gasteiger partial charge in [0.2, 0.25) is 0 Å². The average Bonchev–Trinajstić information content (AvgIpc) is 3.17. The van der Waals surface area contributed by atoms with Gasteiger partial charge in [0.15, 0.2) is 17.5 Å². The fourth-order valence-electron chi connectivity index (χ4n) is 2.99. The molecule has 3 rings (SSSR count). The largest absolute Gasteiger partial charge is 0.375 e. The minimum absolute atomic E-state index is 0.0270. The zero-order valence-corrected chi connectivity index (χ0v) is 12.2. The summed E-state index contributed by atoms with van der Waals surface area (Å²) in [7, 11) is 0. The van der Waals surface area contributed by atoms with E-state index in [1.165, 1.54) is 6.07 Å². The molecule has 0 radical (unpaired) electrons. The lowest BCUT2D eigenvalue weighted by molar-refractivity contribution is 0.442. The Labute approximate surface area is 125 Å². The summed E-state index contributed by atoms with van der Waals surface area (Å²) in [6.45, 7) is 0. The normalized spacial score (nSPS) is 17.1. The third-order valence-corrected chi connectivity index (χ3v) is 5.02. The van der Waals surface area contributed by atoms with Gasteiger partial charge in [-0.15, -0.1) is 11.3 Å². The molecular formula is C16H16F3NS. The summed E-state index contributed by atoms with van der Waals surface area (Å²) in [5.74, 6) is -3.33. The second-order valence-electron chi connectivity index (χ2n) is 5.40. The van der Waals surface area contributed by atoms with Crippen molar-refractivity contribution >= 4 is 17.0 Å². The number of anilines is 1. The lowest BCUT2D eigenvalue weighted by Crippen LogP contribution is -2.19. The first-order chi connectivity index (χ1) is 10.2. The van der Waals surface area contributed by atoms with Gasteiger partial charge in [-0.25, -0.2) is 13.2 Å². The molecule has 1 N–H and O–H groups in total. The number of thiophene rings is 1. The van der Waals surface area contributed by atoms with E-state index in [-0.39, 0.29) is 11.7 Å². The maximum absolute atomic E-state index is 13.9. The minimum Gasteiger partial charge on any atom is -0.375 e. The van der Waals surface area contributed by atoms with E-state index >= 15 is 0 Å². The fraction of sp³-hybridized carbons (Fsp3) is 0.375. The molecule has 1 unspecified atom stereocenters. The molecule has 112 valence electrons. The van der Waals surface area contributed by atoms with Crippen LogP contribution in [0.4, 0.5) is 18.9 Å². The van der Waals surface area contributed by atoms with Crippen molar-refractivity contribution in [3.8, 4) is 0 Å². The SMILES string of the molecule is Fc1ccc(NC(c2cccs2)C2CCCC2)c(F)c1F. The molecule has 1 fully saturated rings. The summed E-state index contributed by atoms with van der Waals surface area (Å²) >= 11 is 1.60. The van der Waals surface area contributed by atoms with E-state index in [0.29, 0.717) is 5.92 Å². The summed E-state index contributed by atoms with van der Waals surface area (Å²) in [5, 5.41) is 5.06. The Morgan fingerprint density at radius 3 is 2.48 bits per heavy atom. The van der Waals surface area contributed by atoms with Crippen LogP contribution in [0.1, 0.15) is 36.6 Å². The molecule has 1 aromatic carbocycles. The third-order valence-electron chi connectivity index (χ3n) is 4.07. The molecule has 0 aliphatic heterocycles. The molecule has 2 aromatic rings. The van der Waals surface area contributed by atoms with Gasteiger partial charge in [0.05, 0.1) is 11.7 Å². The van der Waals surface area contributed by atoms with E-state index in [1.54, 1.807) is 11.3 Å². The fourth-order valence-corrected chi connectivity index (χ4v) is 3.85. The lowest BCUT2D eigenvalue weighted by Gasteiger charge is -2.25. The first kappa shape index (κ1) is 14.4. The molecule has 1 saturated carbocycles. The first-order valence-corrected chi connectivity index (χ1v) is 7.98. The zero-order chi connectivity index (χ0) is 14.8. The predicted molar refractivity (Wildman–Crippen MR) is 79.0 cm³/mol. The Morgan fingerprint density at radius 2 is 1.81 bits per heavy atom. The molecule has 1 aliphatic carbocycles. The predicted octanol–water partition coefficient (Wildman–Crippen LogP) is 5.51. The standard InChI is InChI=1S/C16H16F3NS/c17-11-7-8-12(15(19)14(11)18)20-16(10-4-1-2-5-10)13-6-3-9-21-13/h3,6-10,16,20H,1-2,4-5H2. The van der Waals surface area contributed by atoms with Crippen LogP contribution in [0, 0.1) is 23.4 Å². The number of halogens is 3. The number of rotatable bonds is 4. The molecule has 1 nitrogen and oxygen atoms in total. The van der Waals surface area contributed by atoms with Crippen LogP contribution in [0.5, 0.6) is 0 Å². The molecule has 0 bridgehead atoms. The summed E-state index contributed by atoms with van der Waals surface area (Å²) in [5.41, 5.74) is 0.0270. The van der Waals surface area contributed by atoms with E-state index in [1.807, 2.05) is 17.5 Å². The van der Waals surface area contributed by atoms with Crippen LogP contribution < -0.4 is 5.32 Å². The second-order valence-corrected chi connectivity index (χ2v) is 6.38. The maximum Gasteiger partial charge on any atom is 0.196 e. The molecule has 0 saturated heterocycles. The molecule has 1 heterocycles. The Bertz CT molecular complexity index is 606. The van der Waals surface area contributed by atoms with Gasteiger partial charge in [-0.05, 0) is 42.3 Å². The summed E-state index contributed by atoms with van der Waals surface area (Å²) in [4.78, 5) is 1.10. The van der Waals surface area contributed by atoms with Gasteiger partial charge < -0.3 is 5.32 Å². The molecule has 1 aromatic heterocycles. The quantitative estimate of drug-likeness (QED) is 0.734. The monoisotopic (exact) mass is 311 g/mol. The van der Waals surface area contributed by atoms with Crippen LogP contribution in [0.3, 0.4) is 0 Å². The minimum atomic E-state index is -1.42. The first-order valence-electron chi connectivity index (χ1n) is 7.10. The highest BCUT2D eigenvalue weighted by atomic mass is 32.1. The summed E-state index contributed by atoms with van der Waals surface area (Å²) in [6.07, 6.45) is 4.46. The van der Waals surface area contributed by atoms with Gasteiger partial charge >= 0.3 is 0 Å². The number of hydrogen-bond acceptors (Lipinski definition) is 2. The molecular weight excluding hydrogens is 295 g/mol. The Balaban J connectivity index is 1.90. The van der Waals surface area contributed by atoms with Crippen molar-refractivity contribution in [3.05, 3.63) is 52.0 Å². The highest BCUT2D eigenvalue weighted by Crippen LogP contribution is 2.40. The van der Waals surface area contributed by atoms with Crippen molar-refractivity contribution < 1.29 is 13.2 Å². The van der Waals surface area contributed by atoms with Crippen LogP contribution in [0.15, 0.2) is 29.6 Å². The van der Waals surface area contributed by atoms with Gasteiger partial charge in [-0.3, -0.25) is 0 Å². The Morgan fingerprint density at radius 1 is 1.05 bits per heavy atom. The van der Waals surface area contributed by atoms with Gasteiger partial charge in [0.1, 0.15) is 0 Å². The molecule has 1 aliphatic rings. The summed E-state index contributed by atoms with van der Waals surface area (Å²) in [6, 6.07) is 6.13. The summed E-state index contributed by atoms with van der Waals surface area (Å²) < 4.78 is 40.3. The van der Waals surface area contributed by atoms with Crippen molar-refractivity contribution in [3.63, 3.8) is 0 Å². The molecule has 0 amide bonds. The Kier molecular flexibility index (Phi) is 4.19. The van der Waals surface area contributed by atoms with Crippen molar-refractivity contribution in [1.82, 2.24) is 0 Å². The van der Waals surface area contributed by atoms with Gasteiger partial charge in [0, 0.05) is 4.88 Å². The molecule has 21 heavy (non-hydrogen) atoms.